The number of aryl methyl sites for hydroxylation is 2. The number of methoxy groups -OCH3 is 1. The number of carbonyl (C=O) groups is 2. The van der Waals surface area contributed by atoms with E-state index in [4.69, 9.17) is 22.1 Å². The molecule has 29 heavy (non-hydrogen) atoms. The Hall–Kier alpha value is -3.19. The number of hydrogen-bond acceptors (Lipinski definition) is 4. The number of anilines is 1. The van der Waals surface area contributed by atoms with E-state index in [1.54, 1.807) is 12.1 Å². The van der Waals surface area contributed by atoms with Crippen molar-refractivity contribution in [3.05, 3.63) is 76.0 Å². The zero-order chi connectivity index (χ0) is 21.3. The van der Waals surface area contributed by atoms with Gasteiger partial charge in [0.15, 0.2) is 5.11 Å². The topological polar surface area (TPSA) is 78.9 Å². The van der Waals surface area contributed by atoms with Gasteiger partial charge in [-0.25, -0.2) is 9.59 Å². The average molecular weight is 410 g/mol. The summed E-state index contributed by atoms with van der Waals surface area (Å²) in [4.78, 5) is 25.6. The van der Waals surface area contributed by atoms with Gasteiger partial charge in [0.1, 0.15) is 0 Å². The van der Waals surface area contributed by atoms with Crippen molar-refractivity contribution in [1.29, 1.82) is 0 Å². The van der Waals surface area contributed by atoms with Crippen molar-refractivity contribution >= 4 is 35.0 Å². The molecule has 1 unspecified atom stereocenters. The fraction of sp³-hybridized carbons (Fsp3) is 0.227. The maximum Gasteiger partial charge on any atom is 0.337 e. The molecule has 0 radical (unpaired) electrons. The number of carboxylic acids is 1. The number of thiocarbonyl (C=S) groups is 1. The van der Waals surface area contributed by atoms with Crippen molar-refractivity contribution in [2.75, 3.05) is 12.0 Å². The van der Waals surface area contributed by atoms with E-state index in [0.717, 1.165) is 22.4 Å². The lowest BCUT2D eigenvalue weighted by Crippen LogP contribution is -2.48. The molecule has 0 amide bonds. The maximum atomic E-state index is 12.7. The number of aromatic carboxylic acids is 1. The van der Waals surface area contributed by atoms with E-state index in [1.807, 2.05) is 37.8 Å². The predicted molar refractivity (Wildman–Crippen MR) is 115 cm³/mol. The minimum atomic E-state index is -1.01. The number of rotatable bonds is 4. The number of allylic oxidation sites excluding steroid dienone is 1. The van der Waals surface area contributed by atoms with Crippen molar-refractivity contribution in [2.45, 2.75) is 26.8 Å². The molecule has 2 aromatic rings. The molecule has 6 nitrogen and oxygen atoms in total. The molecule has 0 spiro atoms. The molecule has 0 aromatic heterocycles. The van der Waals surface area contributed by atoms with Gasteiger partial charge in [0, 0.05) is 11.4 Å². The Morgan fingerprint density at radius 2 is 1.66 bits per heavy atom. The van der Waals surface area contributed by atoms with Crippen LogP contribution in [0.1, 0.15) is 40.0 Å². The summed E-state index contributed by atoms with van der Waals surface area (Å²) in [6.45, 7) is 5.84. The van der Waals surface area contributed by atoms with Crippen molar-refractivity contribution in [1.82, 2.24) is 5.32 Å². The van der Waals surface area contributed by atoms with E-state index in [-0.39, 0.29) is 5.56 Å². The standard InChI is InChI=1S/C22H22N2O4S/c1-12-9-13(2)11-17(10-12)24-14(3)18(21(27)28-4)19(23-22(24)29)15-5-7-16(8-6-15)20(25)26/h5-11,19H,1-4H3,(H,23,29)(H,25,26). The highest BCUT2D eigenvalue weighted by atomic mass is 32.1. The summed E-state index contributed by atoms with van der Waals surface area (Å²) < 4.78 is 5.04. The van der Waals surface area contributed by atoms with Crippen LogP contribution in [0.2, 0.25) is 0 Å². The summed E-state index contributed by atoms with van der Waals surface area (Å²) >= 11 is 5.63. The van der Waals surface area contributed by atoms with E-state index < -0.39 is 18.0 Å². The van der Waals surface area contributed by atoms with E-state index in [9.17, 15) is 9.59 Å². The summed E-state index contributed by atoms with van der Waals surface area (Å²) in [6, 6.07) is 11.9. The van der Waals surface area contributed by atoms with Gasteiger partial charge in [-0.15, -0.1) is 0 Å². The van der Waals surface area contributed by atoms with Gasteiger partial charge in [0.2, 0.25) is 0 Å². The number of benzene rings is 2. The minimum absolute atomic E-state index is 0.171. The average Bonchev–Trinajstić information content (AvgIpc) is 2.66. The molecule has 1 aliphatic rings. The first-order valence-corrected chi connectivity index (χ1v) is 9.45. The number of nitrogens with zero attached hydrogens (tertiary/aromatic N) is 1. The van der Waals surface area contributed by atoms with Crippen LogP contribution in [-0.4, -0.2) is 29.3 Å². The van der Waals surface area contributed by atoms with E-state index in [2.05, 4.69) is 11.4 Å². The van der Waals surface area contributed by atoms with Crippen LogP contribution in [0, 0.1) is 13.8 Å². The molecule has 3 rings (SSSR count). The number of nitrogens with one attached hydrogen (secondary N) is 1. The Labute approximate surface area is 174 Å². The predicted octanol–water partition coefficient (Wildman–Crippen LogP) is 3.88. The van der Waals surface area contributed by atoms with Gasteiger partial charge in [-0.3, -0.25) is 4.90 Å². The highest BCUT2D eigenvalue weighted by Crippen LogP contribution is 2.34. The number of carboxylic acid groups (broad SMARTS) is 1. The number of esters is 1. The Morgan fingerprint density at radius 1 is 1.07 bits per heavy atom. The summed E-state index contributed by atoms with van der Waals surface area (Å²) in [5.74, 6) is -1.48. The first kappa shape index (κ1) is 20.5. The molecule has 2 aromatic carbocycles. The van der Waals surface area contributed by atoms with Crippen LogP contribution >= 0.6 is 12.2 Å². The Balaban J connectivity index is 2.13. The lowest BCUT2D eigenvalue weighted by atomic mass is 9.94. The second-order valence-electron chi connectivity index (χ2n) is 6.98. The van der Waals surface area contributed by atoms with Crippen LogP contribution in [-0.2, 0) is 9.53 Å². The molecule has 150 valence electrons. The zero-order valence-electron chi connectivity index (χ0n) is 16.6. The summed E-state index contributed by atoms with van der Waals surface area (Å²) in [7, 11) is 1.33. The monoisotopic (exact) mass is 410 g/mol. The van der Waals surface area contributed by atoms with Crippen LogP contribution in [0.4, 0.5) is 5.69 Å². The normalized spacial score (nSPS) is 16.5. The molecular formula is C22H22N2O4S. The van der Waals surface area contributed by atoms with Gasteiger partial charge < -0.3 is 15.2 Å². The van der Waals surface area contributed by atoms with Crippen molar-refractivity contribution < 1.29 is 19.4 Å². The molecule has 7 heteroatoms. The van der Waals surface area contributed by atoms with Gasteiger partial charge in [-0.05, 0) is 73.9 Å². The lowest BCUT2D eigenvalue weighted by molar-refractivity contribution is -0.136. The van der Waals surface area contributed by atoms with Crippen LogP contribution in [0.25, 0.3) is 0 Å². The summed E-state index contributed by atoms with van der Waals surface area (Å²) in [6.07, 6.45) is 0. The van der Waals surface area contributed by atoms with E-state index in [1.165, 1.54) is 19.2 Å². The highest BCUT2D eigenvalue weighted by Gasteiger charge is 2.35. The van der Waals surface area contributed by atoms with Gasteiger partial charge in [-0.1, -0.05) is 18.2 Å². The molecule has 1 aliphatic heterocycles. The smallest absolute Gasteiger partial charge is 0.337 e. The molecule has 1 atom stereocenters. The third kappa shape index (κ3) is 4.00. The Morgan fingerprint density at radius 3 is 2.17 bits per heavy atom. The molecule has 0 saturated carbocycles. The Bertz CT molecular complexity index is 1010. The first-order chi connectivity index (χ1) is 13.7. The second-order valence-corrected chi connectivity index (χ2v) is 7.37. The molecule has 2 N–H and O–H groups in total. The zero-order valence-corrected chi connectivity index (χ0v) is 17.5. The van der Waals surface area contributed by atoms with Crippen LogP contribution in [0.3, 0.4) is 0 Å². The highest BCUT2D eigenvalue weighted by molar-refractivity contribution is 7.80. The van der Waals surface area contributed by atoms with Gasteiger partial charge in [0.25, 0.3) is 0 Å². The second kappa shape index (κ2) is 8.05. The first-order valence-electron chi connectivity index (χ1n) is 9.04. The third-order valence-electron chi connectivity index (χ3n) is 4.85. The molecule has 0 fully saturated rings. The summed E-state index contributed by atoms with van der Waals surface area (Å²) in [5, 5.41) is 12.8. The fourth-order valence-corrected chi connectivity index (χ4v) is 3.94. The quantitative estimate of drug-likeness (QED) is 0.585. The van der Waals surface area contributed by atoms with Gasteiger partial charge >= 0.3 is 11.9 Å². The van der Waals surface area contributed by atoms with Crippen molar-refractivity contribution in [2.24, 2.45) is 0 Å². The van der Waals surface area contributed by atoms with Gasteiger partial charge in [0.05, 0.1) is 24.3 Å². The molecule has 0 aliphatic carbocycles. The van der Waals surface area contributed by atoms with Crippen molar-refractivity contribution in [3.8, 4) is 0 Å². The fourth-order valence-electron chi connectivity index (χ4n) is 3.58. The SMILES string of the molecule is COC(=O)C1=C(C)N(c2cc(C)cc(C)c2)C(=S)NC1c1ccc(C(=O)O)cc1. The molecule has 1 heterocycles. The van der Waals surface area contributed by atoms with Crippen LogP contribution in [0.5, 0.6) is 0 Å². The van der Waals surface area contributed by atoms with Crippen LogP contribution < -0.4 is 10.2 Å². The van der Waals surface area contributed by atoms with E-state index in [0.29, 0.717) is 16.4 Å². The lowest BCUT2D eigenvalue weighted by Gasteiger charge is -2.37. The number of hydrogen-bond donors (Lipinski definition) is 2. The largest absolute Gasteiger partial charge is 0.478 e. The Kier molecular flexibility index (Phi) is 5.70. The van der Waals surface area contributed by atoms with E-state index >= 15 is 0 Å². The number of ether oxygens (including phenoxy) is 1. The molecular weight excluding hydrogens is 388 g/mol. The van der Waals surface area contributed by atoms with Crippen LogP contribution in [0.15, 0.2) is 53.7 Å². The minimum Gasteiger partial charge on any atom is -0.478 e. The molecule has 0 bridgehead atoms. The summed E-state index contributed by atoms with van der Waals surface area (Å²) in [5.41, 5.74) is 5.00. The third-order valence-corrected chi connectivity index (χ3v) is 5.15. The number of carbonyl (C=O) groups excluding carboxylic acids is 1. The van der Waals surface area contributed by atoms with Crippen molar-refractivity contribution in [3.63, 3.8) is 0 Å². The van der Waals surface area contributed by atoms with Gasteiger partial charge in [-0.2, -0.15) is 0 Å². The molecule has 0 saturated heterocycles. The maximum absolute atomic E-state index is 12.7.